The molecule has 3 atom stereocenters. The minimum atomic E-state index is -0.909. The van der Waals surface area contributed by atoms with Gasteiger partial charge in [-0.1, -0.05) is 19.1 Å². The van der Waals surface area contributed by atoms with E-state index in [0.29, 0.717) is 17.9 Å². The number of halogens is 1. The number of likely N-dealkylation sites (tertiary alicyclic amines) is 1. The molecular weight excluding hydrogens is 341 g/mol. The maximum absolute atomic E-state index is 13.5. The van der Waals surface area contributed by atoms with E-state index in [9.17, 15) is 19.1 Å². The van der Waals surface area contributed by atoms with E-state index in [1.54, 1.807) is 19.1 Å². The molecule has 138 valence electrons. The maximum atomic E-state index is 13.5. The van der Waals surface area contributed by atoms with Gasteiger partial charge >= 0.3 is 5.97 Å². The molecule has 26 heavy (non-hydrogen) atoms. The fourth-order valence-electron chi connectivity index (χ4n) is 3.37. The predicted molar refractivity (Wildman–Crippen MR) is 88.6 cm³/mol. The highest BCUT2D eigenvalue weighted by Gasteiger charge is 2.40. The lowest BCUT2D eigenvalue weighted by Gasteiger charge is -2.24. The van der Waals surface area contributed by atoms with Gasteiger partial charge in [-0.15, -0.1) is 5.10 Å². The van der Waals surface area contributed by atoms with Gasteiger partial charge in [0.15, 0.2) is 0 Å². The topological polar surface area (TPSA) is 101 Å². The first-order chi connectivity index (χ1) is 12.4. The van der Waals surface area contributed by atoms with Crippen LogP contribution in [0, 0.1) is 24.6 Å². The molecule has 8 nitrogen and oxygen atoms in total. The molecular formula is C17H20FN5O3. The van der Waals surface area contributed by atoms with Crippen LogP contribution < -0.4 is 0 Å². The van der Waals surface area contributed by atoms with Crippen LogP contribution in [-0.2, 0) is 16.0 Å². The summed E-state index contributed by atoms with van der Waals surface area (Å²) in [6.07, 6.45) is 0.213. The van der Waals surface area contributed by atoms with Crippen LogP contribution in [0.15, 0.2) is 24.3 Å². The third-order valence-electron chi connectivity index (χ3n) is 4.80. The molecule has 0 aliphatic carbocycles. The lowest BCUT2D eigenvalue weighted by molar-refractivity contribution is -0.142. The molecule has 3 rings (SSSR count). The number of carbonyl (C=O) groups is 2. The Balaban J connectivity index is 1.87. The number of carbonyl (C=O) groups excluding carboxylic acids is 1. The molecule has 1 unspecified atom stereocenters. The third kappa shape index (κ3) is 3.56. The highest BCUT2D eigenvalue weighted by atomic mass is 19.1. The molecule has 2 aromatic rings. The molecule has 1 fully saturated rings. The van der Waals surface area contributed by atoms with Crippen molar-refractivity contribution in [1.82, 2.24) is 25.1 Å². The van der Waals surface area contributed by atoms with Gasteiger partial charge in [-0.25, -0.2) is 9.07 Å². The first-order valence-corrected chi connectivity index (χ1v) is 8.37. The number of aryl methyl sites for hydroxylation is 1. The quantitative estimate of drug-likeness (QED) is 0.855. The zero-order valence-corrected chi connectivity index (χ0v) is 14.5. The number of carboxylic acid groups (broad SMARTS) is 1. The zero-order valence-electron chi connectivity index (χ0n) is 14.5. The summed E-state index contributed by atoms with van der Waals surface area (Å²) in [6.45, 7) is 4.00. The predicted octanol–water partition coefficient (Wildman–Crippen LogP) is 1.08. The van der Waals surface area contributed by atoms with Gasteiger partial charge in [0.1, 0.15) is 17.7 Å². The first kappa shape index (κ1) is 18.0. The number of rotatable bonds is 5. The van der Waals surface area contributed by atoms with Gasteiger partial charge in [-0.3, -0.25) is 9.59 Å². The standard InChI is InChI=1S/C17H20FN5O3/c1-10-8-22(9-14(10)17(25)26)16(24)15(23-11(2)19-20-21-23)7-12-4-3-5-13(18)6-12/h3-6,10,14-15H,7-9H2,1-2H3,(H,25,26)/t10-,14-,15?/m1/s1. The van der Waals surface area contributed by atoms with Crippen LogP contribution in [-0.4, -0.2) is 55.2 Å². The van der Waals surface area contributed by atoms with Crippen molar-refractivity contribution in [3.63, 3.8) is 0 Å². The number of carboxylic acids is 1. The van der Waals surface area contributed by atoms with E-state index in [2.05, 4.69) is 15.5 Å². The SMILES string of the molecule is Cc1nnnn1C(Cc1cccc(F)c1)C(=O)N1C[C@@H](C)[C@H](C(=O)O)C1. The fraction of sp³-hybridized carbons (Fsp3) is 0.471. The van der Waals surface area contributed by atoms with Crippen LogP contribution in [0.5, 0.6) is 0 Å². The Morgan fingerprint density at radius 2 is 2.15 bits per heavy atom. The number of tetrazole rings is 1. The van der Waals surface area contributed by atoms with Crippen molar-refractivity contribution in [2.75, 3.05) is 13.1 Å². The molecule has 1 aliphatic rings. The van der Waals surface area contributed by atoms with E-state index >= 15 is 0 Å². The van der Waals surface area contributed by atoms with Gasteiger partial charge in [0, 0.05) is 19.5 Å². The van der Waals surface area contributed by atoms with Crippen molar-refractivity contribution < 1.29 is 19.1 Å². The number of hydrogen-bond acceptors (Lipinski definition) is 5. The average molecular weight is 361 g/mol. The number of benzene rings is 1. The van der Waals surface area contributed by atoms with Crippen LogP contribution in [0.1, 0.15) is 24.4 Å². The number of hydrogen-bond donors (Lipinski definition) is 1. The summed E-state index contributed by atoms with van der Waals surface area (Å²) in [5, 5.41) is 20.6. The second-order valence-electron chi connectivity index (χ2n) is 6.69. The summed E-state index contributed by atoms with van der Waals surface area (Å²) < 4.78 is 14.9. The van der Waals surface area contributed by atoms with Crippen molar-refractivity contribution in [2.45, 2.75) is 26.3 Å². The number of aliphatic carboxylic acids is 1. The normalized spacial score (nSPS) is 21.0. The van der Waals surface area contributed by atoms with Crippen LogP contribution in [0.4, 0.5) is 4.39 Å². The molecule has 1 N–H and O–H groups in total. The molecule has 0 bridgehead atoms. The van der Waals surface area contributed by atoms with Gasteiger partial charge in [0.05, 0.1) is 5.92 Å². The van der Waals surface area contributed by atoms with Gasteiger partial charge in [0.2, 0.25) is 5.91 Å². The van der Waals surface area contributed by atoms with Gasteiger partial charge in [-0.2, -0.15) is 0 Å². The Labute approximate surface area is 149 Å². The van der Waals surface area contributed by atoms with Gasteiger partial charge < -0.3 is 10.0 Å². The highest BCUT2D eigenvalue weighted by Crippen LogP contribution is 2.27. The van der Waals surface area contributed by atoms with Crippen LogP contribution in [0.25, 0.3) is 0 Å². The minimum Gasteiger partial charge on any atom is -0.481 e. The second-order valence-corrected chi connectivity index (χ2v) is 6.69. The number of nitrogens with zero attached hydrogens (tertiary/aromatic N) is 5. The summed E-state index contributed by atoms with van der Waals surface area (Å²) >= 11 is 0. The van der Waals surface area contributed by atoms with E-state index in [0.717, 1.165) is 0 Å². The van der Waals surface area contributed by atoms with Crippen molar-refractivity contribution in [3.8, 4) is 0 Å². The molecule has 1 aromatic heterocycles. The van der Waals surface area contributed by atoms with Crippen molar-refractivity contribution in [3.05, 3.63) is 41.5 Å². The minimum absolute atomic E-state index is 0.138. The van der Waals surface area contributed by atoms with Crippen molar-refractivity contribution in [2.24, 2.45) is 11.8 Å². The lowest BCUT2D eigenvalue weighted by atomic mass is 9.99. The molecule has 0 saturated carbocycles. The molecule has 1 aromatic carbocycles. The maximum Gasteiger partial charge on any atom is 0.308 e. The molecule has 9 heteroatoms. The zero-order chi connectivity index (χ0) is 18.8. The Morgan fingerprint density at radius 3 is 2.73 bits per heavy atom. The van der Waals surface area contributed by atoms with Gasteiger partial charge in [0.25, 0.3) is 0 Å². The Morgan fingerprint density at radius 1 is 1.38 bits per heavy atom. The van der Waals surface area contributed by atoms with E-state index in [1.165, 1.54) is 21.7 Å². The monoisotopic (exact) mass is 361 g/mol. The number of aromatic nitrogens is 4. The molecule has 1 saturated heterocycles. The van der Waals surface area contributed by atoms with Gasteiger partial charge in [-0.05, 0) is 41.0 Å². The molecule has 1 amide bonds. The fourth-order valence-corrected chi connectivity index (χ4v) is 3.37. The van der Waals surface area contributed by atoms with Crippen molar-refractivity contribution >= 4 is 11.9 Å². The van der Waals surface area contributed by atoms with Crippen LogP contribution in [0.3, 0.4) is 0 Å². The van der Waals surface area contributed by atoms with Crippen molar-refractivity contribution in [1.29, 1.82) is 0 Å². The summed E-state index contributed by atoms with van der Waals surface area (Å²) in [4.78, 5) is 26.0. The summed E-state index contributed by atoms with van der Waals surface area (Å²) in [5.41, 5.74) is 0.639. The molecule has 1 aliphatic heterocycles. The summed E-state index contributed by atoms with van der Waals surface area (Å²) in [7, 11) is 0. The largest absolute Gasteiger partial charge is 0.481 e. The lowest BCUT2D eigenvalue weighted by Crippen LogP contribution is -2.38. The van der Waals surface area contributed by atoms with E-state index in [1.807, 2.05) is 6.92 Å². The summed E-state index contributed by atoms with van der Waals surface area (Å²) in [5.74, 6) is -1.83. The van der Waals surface area contributed by atoms with E-state index in [4.69, 9.17) is 0 Å². The van der Waals surface area contributed by atoms with E-state index < -0.39 is 17.9 Å². The Bertz CT molecular complexity index is 824. The molecule has 0 spiro atoms. The second kappa shape index (κ2) is 7.19. The Hall–Kier alpha value is -2.84. The summed E-state index contributed by atoms with van der Waals surface area (Å²) in [6, 6.07) is 5.26. The smallest absolute Gasteiger partial charge is 0.308 e. The first-order valence-electron chi connectivity index (χ1n) is 8.37. The van der Waals surface area contributed by atoms with Crippen LogP contribution >= 0.6 is 0 Å². The highest BCUT2D eigenvalue weighted by molar-refractivity contribution is 5.82. The molecule has 0 radical (unpaired) electrons. The third-order valence-corrected chi connectivity index (χ3v) is 4.80. The average Bonchev–Trinajstić information content (AvgIpc) is 3.18. The van der Waals surface area contributed by atoms with E-state index in [-0.39, 0.29) is 30.6 Å². The Kier molecular flexibility index (Phi) is 4.97. The number of amides is 1. The van der Waals surface area contributed by atoms with Crippen LogP contribution in [0.2, 0.25) is 0 Å². The molecule has 2 heterocycles.